The van der Waals surface area contributed by atoms with Crippen molar-refractivity contribution in [1.82, 2.24) is 14.2 Å². The van der Waals surface area contributed by atoms with Crippen LogP contribution in [0.5, 0.6) is 0 Å². The van der Waals surface area contributed by atoms with Crippen molar-refractivity contribution in [3.8, 4) is 0 Å². The van der Waals surface area contributed by atoms with E-state index in [-0.39, 0.29) is 11.3 Å². The van der Waals surface area contributed by atoms with Gasteiger partial charge in [-0.1, -0.05) is 32.9 Å². The highest BCUT2D eigenvalue weighted by Crippen LogP contribution is 2.28. The van der Waals surface area contributed by atoms with Crippen LogP contribution in [0, 0.1) is 0 Å². The first-order chi connectivity index (χ1) is 12.4. The van der Waals surface area contributed by atoms with Crippen molar-refractivity contribution in [3.63, 3.8) is 0 Å². The van der Waals surface area contributed by atoms with Crippen LogP contribution in [-0.2, 0) is 16.6 Å². The Morgan fingerprint density at radius 1 is 1.00 bits per heavy atom. The predicted octanol–water partition coefficient (Wildman–Crippen LogP) is 3.77. The van der Waals surface area contributed by atoms with Crippen LogP contribution in [0.4, 0.5) is 0 Å². The molecule has 4 nitrogen and oxygen atoms in total. The molecule has 2 heterocycles. The Hall–Kier alpha value is -1.85. The molecule has 1 aromatic carbocycles. The quantitative estimate of drug-likeness (QED) is 0.769. The van der Waals surface area contributed by atoms with E-state index in [0.717, 1.165) is 31.7 Å². The maximum atomic E-state index is 12.4. The lowest BCUT2D eigenvalue weighted by molar-refractivity contribution is -0.131. The average molecular weight is 370 g/mol. The molecular formula is C21H27N3OS. The lowest BCUT2D eigenvalue weighted by Crippen LogP contribution is -2.46. The van der Waals surface area contributed by atoms with E-state index in [1.807, 2.05) is 17.0 Å². The van der Waals surface area contributed by atoms with E-state index in [1.54, 1.807) is 24.3 Å². The van der Waals surface area contributed by atoms with Crippen molar-refractivity contribution in [2.75, 3.05) is 26.2 Å². The van der Waals surface area contributed by atoms with Gasteiger partial charge in [0.15, 0.2) is 0 Å². The molecule has 3 rings (SSSR count). The van der Waals surface area contributed by atoms with Gasteiger partial charge in [0, 0.05) is 43.5 Å². The van der Waals surface area contributed by atoms with Gasteiger partial charge in [-0.05, 0) is 52.8 Å². The van der Waals surface area contributed by atoms with Crippen molar-refractivity contribution in [3.05, 3.63) is 59.9 Å². The summed E-state index contributed by atoms with van der Waals surface area (Å²) < 4.78 is 2.35. The fourth-order valence-electron chi connectivity index (χ4n) is 2.98. The van der Waals surface area contributed by atoms with Crippen LogP contribution in [0.25, 0.3) is 0 Å². The summed E-state index contributed by atoms with van der Waals surface area (Å²) in [5.41, 5.74) is 2.57. The van der Waals surface area contributed by atoms with Crippen molar-refractivity contribution in [1.29, 1.82) is 0 Å². The Morgan fingerprint density at radius 3 is 2.19 bits per heavy atom. The number of hydrogen-bond acceptors (Lipinski definition) is 4. The van der Waals surface area contributed by atoms with Crippen LogP contribution in [0.1, 0.15) is 31.9 Å². The topological polar surface area (TPSA) is 36.4 Å². The number of aromatic nitrogens is 1. The highest BCUT2D eigenvalue weighted by Gasteiger charge is 2.22. The summed E-state index contributed by atoms with van der Waals surface area (Å²) in [6, 6.07) is 12.7. The zero-order chi connectivity index (χ0) is 18.6. The fourth-order valence-corrected chi connectivity index (χ4v) is 3.88. The molecule has 0 aliphatic carbocycles. The van der Waals surface area contributed by atoms with E-state index in [9.17, 15) is 4.79 Å². The second-order valence-electron chi connectivity index (χ2n) is 7.71. The van der Waals surface area contributed by atoms with Crippen LogP contribution < -0.4 is 0 Å². The van der Waals surface area contributed by atoms with Gasteiger partial charge in [-0.2, -0.15) is 0 Å². The van der Waals surface area contributed by atoms with Crippen LogP contribution in [0.3, 0.4) is 0 Å². The molecule has 1 aromatic heterocycles. The zero-order valence-electron chi connectivity index (χ0n) is 15.8. The average Bonchev–Trinajstić information content (AvgIpc) is 2.63. The first-order valence-corrected chi connectivity index (χ1v) is 9.89. The number of hydrogen-bond donors (Lipinski definition) is 0. The Labute approximate surface area is 160 Å². The minimum Gasteiger partial charge on any atom is -0.340 e. The van der Waals surface area contributed by atoms with E-state index in [4.69, 9.17) is 0 Å². The molecule has 1 amide bonds. The van der Waals surface area contributed by atoms with E-state index < -0.39 is 0 Å². The number of pyridine rings is 1. The number of carbonyl (C=O) groups is 1. The molecule has 1 aliphatic heterocycles. The Kier molecular flexibility index (Phi) is 5.99. The molecule has 0 atom stereocenters. The molecule has 5 heteroatoms. The molecule has 1 saturated heterocycles. The SMILES string of the molecule is CC(C)(C)c1ccc(SN2CCN(C(=O)Cc3ccncc3)CC2)cc1. The van der Waals surface area contributed by atoms with Gasteiger partial charge in [-0.3, -0.25) is 9.78 Å². The van der Waals surface area contributed by atoms with E-state index in [0.29, 0.717) is 6.42 Å². The van der Waals surface area contributed by atoms with E-state index in [2.05, 4.69) is 54.3 Å². The molecule has 0 N–H and O–H groups in total. The van der Waals surface area contributed by atoms with Crippen molar-refractivity contribution >= 4 is 17.9 Å². The molecule has 0 saturated carbocycles. The maximum Gasteiger partial charge on any atom is 0.227 e. The first kappa shape index (κ1) is 18.9. The number of rotatable bonds is 4. The van der Waals surface area contributed by atoms with Gasteiger partial charge < -0.3 is 4.90 Å². The summed E-state index contributed by atoms with van der Waals surface area (Å²) in [4.78, 5) is 19.7. The second kappa shape index (κ2) is 8.23. The summed E-state index contributed by atoms with van der Waals surface area (Å²) in [5.74, 6) is 0.204. The standard InChI is InChI=1S/C21H27N3OS/c1-21(2,3)18-4-6-19(7-5-18)26-24-14-12-23(13-15-24)20(25)16-17-8-10-22-11-9-17/h4-11H,12-16H2,1-3H3. The molecule has 1 aliphatic rings. The molecule has 0 radical (unpaired) electrons. The highest BCUT2D eigenvalue weighted by atomic mass is 32.2. The van der Waals surface area contributed by atoms with Crippen molar-refractivity contribution in [2.24, 2.45) is 0 Å². The highest BCUT2D eigenvalue weighted by molar-refractivity contribution is 7.97. The van der Waals surface area contributed by atoms with Gasteiger partial charge in [0.25, 0.3) is 0 Å². The van der Waals surface area contributed by atoms with Gasteiger partial charge in [-0.25, -0.2) is 4.31 Å². The number of benzene rings is 1. The zero-order valence-corrected chi connectivity index (χ0v) is 16.6. The normalized spacial score (nSPS) is 15.9. The molecule has 0 bridgehead atoms. The molecule has 26 heavy (non-hydrogen) atoms. The Balaban J connectivity index is 1.48. The van der Waals surface area contributed by atoms with Gasteiger partial charge in [0.05, 0.1) is 6.42 Å². The summed E-state index contributed by atoms with van der Waals surface area (Å²) in [5, 5.41) is 0. The number of nitrogens with zero attached hydrogens (tertiary/aromatic N) is 3. The van der Waals surface area contributed by atoms with Crippen molar-refractivity contribution < 1.29 is 4.79 Å². The third-order valence-electron chi connectivity index (χ3n) is 4.65. The minimum atomic E-state index is 0.185. The molecule has 0 unspecified atom stereocenters. The fraction of sp³-hybridized carbons (Fsp3) is 0.429. The molecular weight excluding hydrogens is 342 g/mol. The Bertz CT molecular complexity index is 717. The van der Waals surface area contributed by atoms with Gasteiger partial charge in [0.1, 0.15) is 0 Å². The minimum absolute atomic E-state index is 0.185. The lowest BCUT2D eigenvalue weighted by atomic mass is 9.87. The summed E-state index contributed by atoms with van der Waals surface area (Å²) in [7, 11) is 0. The molecule has 138 valence electrons. The van der Waals surface area contributed by atoms with Crippen LogP contribution in [0.2, 0.25) is 0 Å². The molecule has 2 aromatic rings. The first-order valence-electron chi connectivity index (χ1n) is 9.12. The van der Waals surface area contributed by atoms with Crippen molar-refractivity contribution in [2.45, 2.75) is 37.5 Å². The third-order valence-corrected chi connectivity index (χ3v) is 5.76. The summed E-state index contributed by atoms with van der Waals surface area (Å²) in [6.45, 7) is 10.1. The maximum absolute atomic E-state index is 12.4. The Morgan fingerprint density at radius 2 is 1.62 bits per heavy atom. The molecule has 1 fully saturated rings. The number of piperazine rings is 1. The second-order valence-corrected chi connectivity index (χ2v) is 8.88. The van der Waals surface area contributed by atoms with Crippen LogP contribution in [-0.4, -0.2) is 46.3 Å². The summed E-state index contributed by atoms with van der Waals surface area (Å²) in [6.07, 6.45) is 3.94. The predicted molar refractivity (Wildman–Crippen MR) is 107 cm³/mol. The van der Waals surface area contributed by atoms with Crippen LogP contribution >= 0.6 is 11.9 Å². The van der Waals surface area contributed by atoms with E-state index >= 15 is 0 Å². The van der Waals surface area contributed by atoms with Gasteiger partial charge in [-0.15, -0.1) is 0 Å². The smallest absolute Gasteiger partial charge is 0.227 e. The summed E-state index contributed by atoms with van der Waals surface area (Å²) >= 11 is 1.79. The van der Waals surface area contributed by atoms with Gasteiger partial charge >= 0.3 is 0 Å². The van der Waals surface area contributed by atoms with E-state index in [1.165, 1.54) is 10.5 Å². The largest absolute Gasteiger partial charge is 0.340 e. The molecule has 0 spiro atoms. The number of amides is 1. The van der Waals surface area contributed by atoms with Crippen LogP contribution in [0.15, 0.2) is 53.7 Å². The monoisotopic (exact) mass is 369 g/mol. The van der Waals surface area contributed by atoms with Gasteiger partial charge in [0.2, 0.25) is 5.91 Å². The lowest BCUT2D eigenvalue weighted by Gasteiger charge is -2.34. The third kappa shape index (κ3) is 5.08. The number of carbonyl (C=O) groups excluding carboxylic acids is 1.